The van der Waals surface area contributed by atoms with Crippen molar-refractivity contribution >= 4 is 34.4 Å². The minimum atomic E-state index is -1.04. The Morgan fingerprint density at radius 2 is 2.03 bits per heavy atom. The Kier molecular flexibility index (Phi) is 6.88. The fourth-order valence-electron chi connectivity index (χ4n) is 3.80. The van der Waals surface area contributed by atoms with Crippen LogP contribution < -0.4 is 5.32 Å². The van der Waals surface area contributed by atoms with Gasteiger partial charge in [-0.05, 0) is 17.5 Å². The molecular weight excluding hydrogens is 466 g/mol. The highest BCUT2D eigenvalue weighted by Gasteiger charge is 2.33. The number of carboxylic acid groups (broad SMARTS) is 1. The molecule has 3 aromatic heterocycles. The molecule has 0 fully saturated rings. The van der Waals surface area contributed by atoms with Gasteiger partial charge in [0, 0.05) is 43.2 Å². The quantitative estimate of drug-likeness (QED) is 0.339. The lowest BCUT2D eigenvalue weighted by Crippen LogP contribution is -2.37. The lowest BCUT2D eigenvalue weighted by molar-refractivity contribution is 0.0945. The first kappa shape index (κ1) is 24.4. The number of hydrogen-bond acceptors (Lipinski definition) is 6. The van der Waals surface area contributed by atoms with Gasteiger partial charge in [0.05, 0.1) is 28.8 Å². The van der Waals surface area contributed by atoms with Crippen LogP contribution in [0, 0.1) is 5.41 Å². The van der Waals surface area contributed by atoms with Crippen LogP contribution in [0.25, 0.3) is 11.0 Å². The number of aromatic amines is 1. The zero-order chi connectivity index (χ0) is 25.2. The van der Waals surface area contributed by atoms with Crippen molar-refractivity contribution in [2.45, 2.75) is 39.8 Å². The highest BCUT2D eigenvalue weighted by atomic mass is 32.1. The third-order valence-corrected chi connectivity index (χ3v) is 6.72. The Morgan fingerprint density at radius 1 is 1.26 bits per heavy atom. The van der Waals surface area contributed by atoms with Gasteiger partial charge >= 0.3 is 6.09 Å². The number of imidazole rings is 1. The molecule has 10 nitrogen and oxygen atoms in total. The van der Waals surface area contributed by atoms with Crippen LogP contribution in [0.15, 0.2) is 42.0 Å². The summed E-state index contributed by atoms with van der Waals surface area (Å²) >= 11 is 1.37. The van der Waals surface area contributed by atoms with Gasteiger partial charge in [0.1, 0.15) is 11.5 Å². The summed E-state index contributed by atoms with van der Waals surface area (Å²) in [5.74, 6) is 0.0881. The molecule has 0 spiro atoms. The molecular formula is C24H29N7O3S. The largest absolute Gasteiger partial charge is 0.465 e. The van der Waals surface area contributed by atoms with Gasteiger partial charge in [-0.1, -0.05) is 32.9 Å². The van der Waals surface area contributed by atoms with Gasteiger partial charge in [-0.2, -0.15) is 5.10 Å². The number of hydrogen-bond donors (Lipinski definition) is 3. The first-order valence-electron chi connectivity index (χ1n) is 11.2. The maximum atomic E-state index is 12.7. The SMILES string of the molecule is Cn1cc(CNC(=O)c2csc(C(CN(Cc3nc4ccccc4[nH]3)C(=O)O)C(C)(C)C)n2)cn1. The number of carbonyl (C=O) groups excluding carboxylic acids is 1. The molecule has 11 heteroatoms. The van der Waals surface area contributed by atoms with Crippen molar-refractivity contribution in [1.82, 2.24) is 34.9 Å². The topological polar surface area (TPSA) is 129 Å². The van der Waals surface area contributed by atoms with E-state index in [1.54, 1.807) is 16.3 Å². The predicted octanol–water partition coefficient (Wildman–Crippen LogP) is 3.99. The van der Waals surface area contributed by atoms with E-state index in [1.807, 2.05) is 58.3 Å². The number of aromatic nitrogens is 5. The van der Waals surface area contributed by atoms with Gasteiger partial charge < -0.3 is 20.3 Å². The summed E-state index contributed by atoms with van der Waals surface area (Å²) in [5, 5.41) is 19.3. The van der Waals surface area contributed by atoms with Gasteiger partial charge in [0.25, 0.3) is 5.91 Å². The molecule has 184 valence electrons. The minimum absolute atomic E-state index is 0.125. The number of nitrogens with one attached hydrogen (secondary N) is 2. The molecule has 0 saturated carbocycles. The molecule has 0 aliphatic heterocycles. The first-order valence-corrected chi connectivity index (χ1v) is 12.1. The molecule has 3 heterocycles. The van der Waals surface area contributed by atoms with E-state index in [4.69, 9.17) is 0 Å². The minimum Gasteiger partial charge on any atom is -0.465 e. The smallest absolute Gasteiger partial charge is 0.407 e. The summed E-state index contributed by atoms with van der Waals surface area (Å²) < 4.78 is 1.68. The maximum absolute atomic E-state index is 12.7. The zero-order valence-corrected chi connectivity index (χ0v) is 21.0. The molecule has 35 heavy (non-hydrogen) atoms. The number of amides is 2. The van der Waals surface area contributed by atoms with E-state index in [0.717, 1.165) is 21.6 Å². The molecule has 0 saturated heterocycles. The van der Waals surface area contributed by atoms with Crippen molar-refractivity contribution in [3.8, 4) is 0 Å². The summed E-state index contributed by atoms with van der Waals surface area (Å²) in [5.41, 5.74) is 2.58. The number of H-pyrrole nitrogens is 1. The van der Waals surface area contributed by atoms with E-state index in [2.05, 4.69) is 25.4 Å². The maximum Gasteiger partial charge on any atom is 0.407 e. The summed E-state index contributed by atoms with van der Waals surface area (Å²) in [7, 11) is 1.82. The monoisotopic (exact) mass is 495 g/mol. The van der Waals surface area contributed by atoms with Crippen molar-refractivity contribution in [1.29, 1.82) is 0 Å². The van der Waals surface area contributed by atoms with E-state index in [9.17, 15) is 14.7 Å². The van der Waals surface area contributed by atoms with Gasteiger partial charge in [-0.15, -0.1) is 11.3 Å². The Labute approximate surface area is 207 Å². The van der Waals surface area contributed by atoms with Crippen molar-refractivity contribution in [3.63, 3.8) is 0 Å². The predicted molar refractivity (Wildman–Crippen MR) is 133 cm³/mol. The summed E-state index contributed by atoms with van der Waals surface area (Å²) in [6.45, 7) is 6.83. The highest BCUT2D eigenvalue weighted by molar-refractivity contribution is 7.10. The molecule has 0 radical (unpaired) electrons. The number of benzene rings is 1. The zero-order valence-electron chi connectivity index (χ0n) is 20.1. The fraction of sp³-hybridized carbons (Fsp3) is 0.375. The second kappa shape index (κ2) is 9.87. The van der Waals surface area contributed by atoms with Crippen molar-refractivity contribution < 1.29 is 14.7 Å². The van der Waals surface area contributed by atoms with E-state index < -0.39 is 6.09 Å². The average Bonchev–Trinajstić information content (AvgIpc) is 3.53. The molecule has 0 aliphatic carbocycles. The van der Waals surface area contributed by atoms with Crippen LogP contribution in [0.5, 0.6) is 0 Å². The highest BCUT2D eigenvalue weighted by Crippen LogP contribution is 2.37. The Hall–Kier alpha value is -3.73. The lowest BCUT2D eigenvalue weighted by atomic mass is 9.80. The molecule has 4 rings (SSSR count). The van der Waals surface area contributed by atoms with Crippen molar-refractivity contribution in [3.05, 3.63) is 64.1 Å². The molecule has 1 atom stereocenters. The first-order chi connectivity index (χ1) is 16.6. The van der Waals surface area contributed by atoms with E-state index >= 15 is 0 Å². The molecule has 4 aromatic rings. The molecule has 3 N–H and O–H groups in total. The average molecular weight is 496 g/mol. The van der Waals surface area contributed by atoms with Gasteiger partial charge in [0.15, 0.2) is 0 Å². The van der Waals surface area contributed by atoms with Crippen molar-refractivity contribution in [2.24, 2.45) is 12.5 Å². The lowest BCUT2D eigenvalue weighted by Gasteiger charge is -2.32. The van der Waals surface area contributed by atoms with E-state index in [-0.39, 0.29) is 30.3 Å². The molecule has 1 unspecified atom stereocenters. The van der Waals surface area contributed by atoms with Crippen molar-refractivity contribution in [2.75, 3.05) is 6.54 Å². The summed E-state index contributed by atoms with van der Waals surface area (Å²) in [6.07, 6.45) is 2.50. The number of carbonyl (C=O) groups is 2. The second-order valence-corrected chi connectivity index (χ2v) is 10.4. The normalized spacial score (nSPS) is 12.6. The number of fused-ring (bicyclic) bond motifs is 1. The number of para-hydroxylation sites is 2. The van der Waals surface area contributed by atoms with Gasteiger partial charge in [-0.3, -0.25) is 9.48 Å². The van der Waals surface area contributed by atoms with Gasteiger partial charge in [0.2, 0.25) is 0 Å². The Morgan fingerprint density at radius 3 is 2.69 bits per heavy atom. The van der Waals surface area contributed by atoms with Crippen LogP contribution in [0.3, 0.4) is 0 Å². The Balaban J connectivity index is 1.49. The second-order valence-electron chi connectivity index (χ2n) is 9.56. The summed E-state index contributed by atoms with van der Waals surface area (Å²) in [6, 6.07) is 7.59. The summed E-state index contributed by atoms with van der Waals surface area (Å²) in [4.78, 5) is 38.4. The van der Waals surface area contributed by atoms with E-state index in [0.29, 0.717) is 18.1 Å². The number of thiazole rings is 1. The van der Waals surface area contributed by atoms with Crippen LogP contribution in [-0.4, -0.2) is 53.3 Å². The van der Waals surface area contributed by atoms with Gasteiger partial charge in [-0.25, -0.2) is 14.8 Å². The van der Waals surface area contributed by atoms with Crippen LogP contribution >= 0.6 is 11.3 Å². The molecule has 2 amide bonds. The molecule has 1 aromatic carbocycles. The number of rotatable bonds is 8. The molecule has 0 bridgehead atoms. The van der Waals surface area contributed by atoms with Crippen LogP contribution in [0.4, 0.5) is 4.79 Å². The van der Waals surface area contributed by atoms with Crippen LogP contribution in [0.1, 0.15) is 53.6 Å². The Bertz CT molecular complexity index is 1300. The van der Waals surface area contributed by atoms with Crippen LogP contribution in [-0.2, 0) is 20.1 Å². The van der Waals surface area contributed by atoms with E-state index in [1.165, 1.54) is 16.2 Å². The third kappa shape index (κ3) is 5.86. The third-order valence-electron chi connectivity index (χ3n) is 5.76. The number of nitrogens with zero attached hydrogens (tertiary/aromatic N) is 5. The number of aryl methyl sites for hydroxylation is 1. The van der Waals surface area contributed by atoms with Crippen LogP contribution in [0.2, 0.25) is 0 Å². The fourth-order valence-corrected chi connectivity index (χ4v) is 4.94. The standard InChI is InChI=1S/C24H29N7O3S/c1-24(2,3)16(12-31(23(33)34)13-20-27-17-7-5-6-8-18(17)28-20)22-29-19(14-35-22)21(32)25-9-15-10-26-30(4)11-15/h5-8,10-11,14,16H,9,12-13H2,1-4H3,(H,25,32)(H,27,28)(H,33,34). The molecule has 0 aliphatic rings.